The number of aryl methyl sites for hydroxylation is 2. The van der Waals surface area contributed by atoms with Crippen LogP contribution in [0, 0.1) is 0 Å². The summed E-state index contributed by atoms with van der Waals surface area (Å²) in [7, 11) is 1.82. The summed E-state index contributed by atoms with van der Waals surface area (Å²) in [6, 6.07) is 2.10. The van der Waals surface area contributed by atoms with Gasteiger partial charge in [-0.05, 0) is 37.8 Å². The number of hydrogen-bond donors (Lipinski definition) is 1. The van der Waals surface area contributed by atoms with E-state index >= 15 is 0 Å². The minimum Gasteiger partial charge on any atom is -0.393 e. The summed E-state index contributed by atoms with van der Waals surface area (Å²) in [4.78, 5) is 16.7. The molecule has 1 aliphatic rings. The molecule has 2 N–H and O–H groups in total. The maximum absolute atomic E-state index is 12.3. The van der Waals surface area contributed by atoms with Crippen LogP contribution in [0.25, 0.3) is 0 Å². The third-order valence-corrected chi connectivity index (χ3v) is 4.83. The zero-order valence-corrected chi connectivity index (χ0v) is 12.4. The van der Waals surface area contributed by atoms with E-state index in [1.807, 2.05) is 14.0 Å². The van der Waals surface area contributed by atoms with Crippen molar-refractivity contribution in [2.75, 3.05) is 7.05 Å². The monoisotopic (exact) mass is 282 g/mol. The van der Waals surface area contributed by atoms with Gasteiger partial charge in [-0.15, -0.1) is 11.3 Å². The van der Waals surface area contributed by atoms with Crippen molar-refractivity contribution in [1.82, 2.24) is 4.90 Å². The Morgan fingerprint density at radius 3 is 2.94 bits per heavy atom. The largest absolute Gasteiger partial charge is 0.393 e. The molecule has 98 valence electrons. The summed E-state index contributed by atoms with van der Waals surface area (Å²) in [5.74, 6) is 0.0816. The van der Waals surface area contributed by atoms with Crippen molar-refractivity contribution in [2.24, 2.45) is 5.73 Å². The minimum absolute atomic E-state index is 0.0481. The number of carbonyl (C=O) groups excluding carboxylic acids is 1. The Hall–Kier alpha value is -0.940. The Bertz CT molecular complexity index is 460. The highest BCUT2D eigenvalue weighted by atomic mass is 32.1. The number of thiophene rings is 1. The van der Waals surface area contributed by atoms with Crippen molar-refractivity contribution in [3.63, 3.8) is 0 Å². The molecule has 1 unspecified atom stereocenters. The maximum Gasteiger partial charge on any atom is 0.263 e. The van der Waals surface area contributed by atoms with Gasteiger partial charge in [0.25, 0.3) is 5.91 Å². The van der Waals surface area contributed by atoms with Crippen molar-refractivity contribution >= 4 is 34.5 Å². The summed E-state index contributed by atoms with van der Waals surface area (Å²) < 4.78 is 0. The Morgan fingerprint density at radius 1 is 1.61 bits per heavy atom. The van der Waals surface area contributed by atoms with Crippen LogP contribution in [-0.4, -0.2) is 28.9 Å². The van der Waals surface area contributed by atoms with Crippen molar-refractivity contribution in [3.8, 4) is 0 Å². The van der Waals surface area contributed by atoms with Crippen LogP contribution in [0.4, 0.5) is 0 Å². The summed E-state index contributed by atoms with van der Waals surface area (Å²) in [6.07, 6.45) is 4.04. The van der Waals surface area contributed by atoms with Crippen LogP contribution in [0.2, 0.25) is 0 Å². The zero-order valence-electron chi connectivity index (χ0n) is 10.7. The lowest BCUT2D eigenvalue weighted by Gasteiger charge is -2.24. The molecule has 18 heavy (non-hydrogen) atoms. The van der Waals surface area contributed by atoms with Crippen molar-refractivity contribution < 1.29 is 4.79 Å². The van der Waals surface area contributed by atoms with Gasteiger partial charge >= 0.3 is 0 Å². The summed E-state index contributed by atoms with van der Waals surface area (Å²) >= 11 is 6.53. The summed E-state index contributed by atoms with van der Waals surface area (Å²) in [5, 5.41) is 0. The third kappa shape index (κ3) is 2.72. The molecule has 0 radical (unpaired) electrons. The van der Waals surface area contributed by atoms with Crippen molar-refractivity contribution in [1.29, 1.82) is 0 Å². The lowest BCUT2D eigenvalue weighted by molar-refractivity contribution is 0.0753. The van der Waals surface area contributed by atoms with E-state index in [-0.39, 0.29) is 11.9 Å². The van der Waals surface area contributed by atoms with Gasteiger partial charge in [0.1, 0.15) is 0 Å². The topological polar surface area (TPSA) is 46.3 Å². The minimum atomic E-state index is 0.0481. The lowest BCUT2D eigenvalue weighted by Crippen LogP contribution is -2.37. The van der Waals surface area contributed by atoms with E-state index in [1.54, 1.807) is 16.2 Å². The molecule has 5 heteroatoms. The lowest BCUT2D eigenvalue weighted by atomic mass is 10.2. The Kier molecular flexibility index (Phi) is 4.02. The van der Waals surface area contributed by atoms with E-state index in [1.165, 1.54) is 16.9 Å². The third-order valence-electron chi connectivity index (χ3n) is 3.44. The molecule has 0 aliphatic heterocycles. The van der Waals surface area contributed by atoms with Gasteiger partial charge < -0.3 is 10.6 Å². The van der Waals surface area contributed by atoms with Gasteiger partial charge in [0.15, 0.2) is 0 Å². The van der Waals surface area contributed by atoms with Crippen molar-refractivity contribution in [3.05, 3.63) is 21.4 Å². The van der Waals surface area contributed by atoms with Gasteiger partial charge in [-0.2, -0.15) is 0 Å². The molecule has 1 atom stereocenters. The van der Waals surface area contributed by atoms with Crippen LogP contribution in [0.5, 0.6) is 0 Å². The van der Waals surface area contributed by atoms with E-state index < -0.39 is 0 Å². The van der Waals surface area contributed by atoms with Gasteiger partial charge in [-0.3, -0.25) is 4.79 Å². The first-order valence-corrected chi connectivity index (χ1v) is 7.38. The van der Waals surface area contributed by atoms with Crippen LogP contribution in [0.1, 0.15) is 39.9 Å². The van der Waals surface area contributed by atoms with E-state index in [0.29, 0.717) is 11.4 Å². The summed E-state index contributed by atoms with van der Waals surface area (Å²) in [5.41, 5.74) is 6.88. The fourth-order valence-corrected chi connectivity index (χ4v) is 3.71. The molecule has 1 aliphatic carbocycles. The smallest absolute Gasteiger partial charge is 0.263 e. The fourth-order valence-electron chi connectivity index (χ4n) is 2.24. The molecule has 2 rings (SSSR count). The highest BCUT2D eigenvalue weighted by molar-refractivity contribution is 7.80. The first-order valence-electron chi connectivity index (χ1n) is 6.16. The van der Waals surface area contributed by atoms with Gasteiger partial charge in [0, 0.05) is 24.4 Å². The molecule has 0 aromatic carbocycles. The van der Waals surface area contributed by atoms with Gasteiger partial charge in [-0.1, -0.05) is 12.2 Å². The van der Waals surface area contributed by atoms with E-state index in [4.69, 9.17) is 18.0 Å². The summed E-state index contributed by atoms with van der Waals surface area (Å²) in [6.45, 7) is 1.97. The molecule has 0 saturated heterocycles. The first-order chi connectivity index (χ1) is 8.49. The highest BCUT2D eigenvalue weighted by Crippen LogP contribution is 2.31. The molecule has 1 heterocycles. The van der Waals surface area contributed by atoms with Gasteiger partial charge in [0.2, 0.25) is 0 Å². The first kappa shape index (κ1) is 13.5. The molecule has 0 saturated carbocycles. The maximum atomic E-state index is 12.3. The van der Waals surface area contributed by atoms with E-state index in [0.717, 1.165) is 17.7 Å². The van der Waals surface area contributed by atoms with Crippen LogP contribution in [0.15, 0.2) is 6.07 Å². The Labute approximate surface area is 117 Å². The number of thiocarbonyl (C=S) groups is 1. The zero-order chi connectivity index (χ0) is 13.3. The number of carbonyl (C=O) groups is 1. The molecular formula is C13H18N2OS2. The number of rotatable bonds is 4. The molecule has 0 fully saturated rings. The average Bonchev–Trinajstić information content (AvgIpc) is 2.85. The number of fused-ring (bicyclic) bond motifs is 1. The SMILES string of the molecule is CC(CC(N)=S)N(C)C(=O)c1cc2c(s1)CCC2. The number of nitrogens with zero attached hydrogens (tertiary/aromatic N) is 1. The van der Waals surface area contributed by atoms with Gasteiger partial charge in [-0.25, -0.2) is 0 Å². The van der Waals surface area contributed by atoms with Crippen LogP contribution in [0.3, 0.4) is 0 Å². The number of amides is 1. The average molecular weight is 282 g/mol. The second-order valence-electron chi connectivity index (χ2n) is 4.85. The second kappa shape index (κ2) is 5.36. The Balaban J connectivity index is 2.08. The normalized spacial score (nSPS) is 15.2. The molecule has 0 spiro atoms. The molecule has 1 aromatic rings. The molecule has 3 nitrogen and oxygen atoms in total. The quantitative estimate of drug-likeness (QED) is 0.862. The molecule has 0 bridgehead atoms. The molecular weight excluding hydrogens is 264 g/mol. The Morgan fingerprint density at radius 2 is 2.33 bits per heavy atom. The van der Waals surface area contributed by atoms with E-state index in [9.17, 15) is 4.79 Å². The number of nitrogens with two attached hydrogens (primary N) is 1. The predicted molar refractivity (Wildman–Crippen MR) is 79.3 cm³/mol. The van der Waals surface area contributed by atoms with Crippen LogP contribution >= 0.6 is 23.6 Å². The van der Waals surface area contributed by atoms with Crippen LogP contribution < -0.4 is 5.73 Å². The fraction of sp³-hybridized carbons (Fsp3) is 0.538. The van der Waals surface area contributed by atoms with Crippen molar-refractivity contribution in [2.45, 2.75) is 38.6 Å². The van der Waals surface area contributed by atoms with Crippen LogP contribution in [-0.2, 0) is 12.8 Å². The molecule has 1 aromatic heterocycles. The standard InChI is InChI=1S/C13H18N2OS2/c1-8(6-12(14)17)15(2)13(16)11-7-9-4-3-5-10(9)18-11/h7-8H,3-6H2,1-2H3,(H2,14,17). The van der Waals surface area contributed by atoms with E-state index in [2.05, 4.69) is 6.07 Å². The second-order valence-corrected chi connectivity index (χ2v) is 6.51. The highest BCUT2D eigenvalue weighted by Gasteiger charge is 2.23. The predicted octanol–water partition coefficient (Wildman–Crippen LogP) is 2.37. The van der Waals surface area contributed by atoms with Gasteiger partial charge in [0.05, 0.1) is 9.87 Å². The number of hydrogen-bond acceptors (Lipinski definition) is 3. The molecule has 1 amide bonds.